The summed E-state index contributed by atoms with van der Waals surface area (Å²) in [5.74, 6) is 0. The van der Waals surface area contributed by atoms with E-state index in [9.17, 15) is 0 Å². The zero-order valence-corrected chi connectivity index (χ0v) is 9.63. The van der Waals surface area contributed by atoms with Crippen LogP contribution >= 0.6 is 0 Å². The van der Waals surface area contributed by atoms with Crippen LogP contribution in [0.15, 0.2) is 60.7 Å². The average molecular weight is 214 g/mol. The highest BCUT2D eigenvalue weighted by Gasteiger charge is 1.93. The van der Waals surface area contributed by atoms with Crippen LogP contribution in [0, 0.1) is 0 Å². The van der Waals surface area contributed by atoms with E-state index in [1.807, 2.05) is 0 Å². The minimum absolute atomic E-state index is 1.00. The van der Waals surface area contributed by atoms with Crippen LogP contribution in [0.2, 0.25) is 0 Å². The van der Waals surface area contributed by atoms with Gasteiger partial charge < -0.3 is 5.11 Å². The lowest BCUT2D eigenvalue weighted by molar-refractivity contribution is 0.399. The fourth-order valence-corrected chi connectivity index (χ4v) is 1.58. The average Bonchev–Trinajstić information content (AvgIpc) is 2.41. The molecule has 0 aromatic heterocycles. The Labute approximate surface area is 97.4 Å². The van der Waals surface area contributed by atoms with Crippen LogP contribution in [0.5, 0.6) is 0 Å². The predicted molar refractivity (Wildman–Crippen MR) is 68.4 cm³/mol. The van der Waals surface area contributed by atoms with Gasteiger partial charge in [-0.3, -0.25) is 0 Å². The molecule has 0 saturated carbocycles. The van der Waals surface area contributed by atoms with Gasteiger partial charge in [0, 0.05) is 7.11 Å². The van der Waals surface area contributed by atoms with E-state index >= 15 is 0 Å². The van der Waals surface area contributed by atoms with E-state index in [1.54, 1.807) is 0 Å². The Morgan fingerprint density at radius 2 is 0.938 bits per heavy atom. The second kappa shape index (κ2) is 7.66. The summed E-state index contributed by atoms with van der Waals surface area (Å²) in [4.78, 5) is 0. The largest absolute Gasteiger partial charge is 0.400 e. The summed E-state index contributed by atoms with van der Waals surface area (Å²) >= 11 is 0. The van der Waals surface area contributed by atoms with Crippen molar-refractivity contribution in [3.8, 4) is 0 Å². The number of aryl methyl sites for hydroxylation is 2. The van der Waals surface area contributed by atoms with Gasteiger partial charge in [0.25, 0.3) is 0 Å². The van der Waals surface area contributed by atoms with Crippen LogP contribution in [-0.2, 0) is 12.8 Å². The van der Waals surface area contributed by atoms with Crippen molar-refractivity contribution in [3.05, 3.63) is 71.8 Å². The van der Waals surface area contributed by atoms with Gasteiger partial charge in [-0.1, -0.05) is 60.7 Å². The van der Waals surface area contributed by atoms with E-state index in [0.29, 0.717) is 0 Å². The molecule has 0 amide bonds. The van der Waals surface area contributed by atoms with Crippen LogP contribution in [0.4, 0.5) is 0 Å². The van der Waals surface area contributed by atoms with Gasteiger partial charge in [0.1, 0.15) is 0 Å². The lowest BCUT2D eigenvalue weighted by atomic mass is 10.0. The van der Waals surface area contributed by atoms with E-state index in [4.69, 9.17) is 5.11 Å². The number of aliphatic hydroxyl groups excluding tert-OH is 1. The standard InChI is InChI=1S/C14H14.CH4O/c1-3-7-13(8-4-1)11-12-14-9-5-2-6-10-14;1-2/h1-10H,11-12H2;2H,1H3. The van der Waals surface area contributed by atoms with Crippen LogP contribution in [0.25, 0.3) is 0 Å². The molecule has 0 aliphatic carbocycles. The fourth-order valence-electron chi connectivity index (χ4n) is 1.58. The van der Waals surface area contributed by atoms with Gasteiger partial charge >= 0.3 is 0 Å². The molecule has 1 nitrogen and oxygen atoms in total. The number of aliphatic hydroxyl groups is 1. The second-order valence-electron chi connectivity index (χ2n) is 3.47. The fraction of sp³-hybridized carbons (Fsp3) is 0.200. The second-order valence-corrected chi connectivity index (χ2v) is 3.47. The van der Waals surface area contributed by atoms with Gasteiger partial charge in [0.15, 0.2) is 0 Å². The Bertz CT molecular complexity index is 328. The molecular formula is C15H18O. The summed E-state index contributed by atoms with van der Waals surface area (Å²) in [6.07, 6.45) is 2.26. The van der Waals surface area contributed by atoms with Gasteiger partial charge in [0.2, 0.25) is 0 Å². The summed E-state index contributed by atoms with van der Waals surface area (Å²) in [5.41, 5.74) is 2.83. The molecule has 0 aliphatic heterocycles. The van der Waals surface area contributed by atoms with Crippen LogP contribution < -0.4 is 0 Å². The minimum atomic E-state index is 1.00. The number of benzene rings is 2. The monoisotopic (exact) mass is 214 g/mol. The Hall–Kier alpha value is -1.60. The lowest BCUT2D eigenvalue weighted by Gasteiger charge is -2.01. The third-order valence-electron chi connectivity index (χ3n) is 2.39. The maximum Gasteiger partial charge on any atom is 0.0319 e. The summed E-state index contributed by atoms with van der Waals surface area (Å²) in [6.45, 7) is 0. The Kier molecular flexibility index (Phi) is 5.97. The predicted octanol–water partition coefficient (Wildman–Crippen LogP) is 3.08. The first-order valence-electron chi connectivity index (χ1n) is 5.48. The first-order chi connectivity index (χ1) is 7.95. The van der Waals surface area contributed by atoms with Crippen molar-refractivity contribution in [1.82, 2.24) is 0 Å². The molecule has 0 fully saturated rings. The van der Waals surface area contributed by atoms with Crippen molar-refractivity contribution >= 4 is 0 Å². The molecule has 0 bridgehead atoms. The molecule has 1 N–H and O–H groups in total. The summed E-state index contributed by atoms with van der Waals surface area (Å²) in [7, 11) is 1.00. The smallest absolute Gasteiger partial charge is 0.0319 e. The molecule has 2 rings (SSSR count). The topological polar surface area (TPSA) is 20.2 Å². The van der Waals surface area contributed by atoms with Crippen molar-refractivity contribution in [2.24, 2.45) is 0 Å². The summed E-state index contributed by atoms with van der Waals surface area (Å²) in [6, 6.07) is 21.2. The first kappa shape index (κ1) is 12.5. The Morgan fingerprint density at radius 1 is 0.625 bits per heavy atom. The normalized spacial score (nSPS) is 9.12. The molecule has 0 unspecified atom stereocenters. The van der Waals surface area contributed by atoms with Gasteiger partial charge in [-0.05, 0) is 24.0 Å². The van der Waals surface area contributed by atoms with Crippen molar-refractivity contribution in [3.63, 3.8) is 0 Å². The van der Waals surface area contributed by atoms with Gasteiger partial charge in [0.05, 0.1) is 0 Å². The summed E-state index contributed by atoms with van der Waals surface area (Å²) in [5, 5.41) is 7.00. The highest BCUT2D eigenvalue weighted by atomic mass is 16.2. The molecule has 2 aromatic carbocycles. The van der Waals surface area contributed by atoms with E-state index in [-0.39, 0.29) is 0 Å². The molecule has 2 aromatic rings. The zero-order chi connectivity index (χ0) is 11.6. The zero-order valence-electron chi connectivity index (χ0n) is 9.63. The number of rotatable bonds is 3. The molecule has 0 spiro atoms. The highest BCUT2D eigenvalue weighted by Crippen LogP contribution is 2.06. The van der Waals surface area contributed by atoms with Crippen molar-refractivity contribution < 1.29 is 5.11 Å². The van der Waals surface area contributed by atoms with Crippen LogP contribution in [-0.4, -0.2) is 12.2 Å². The third kappa shape index (κ3) is 4.28. The van der Waals surface area contributed by atoms with Crippen molar-refractivity contribution in [2.75, 3.05) is 7.11 Å². The molecule has 0 atom stereocenters. The van der Waals surface area contributed by atoms with Crippen LogP contribution in [0.3, 0.4) is 0 Å². The van der Waals surface area contributed by atoms with Crippen molar-refractivity contribution in [2.45, 2.75) is 12.8 Å². The van der Waals surface area contributed by atoms with Gasteiger partial charge in [-0.15, -0.1) is 0 Å². The molecule has 0 saturated heterocycles. The maximum absolute atomic E-state index is 7.00. The number of hydrogen-bond donors (Lipinski definition) is 1. The lowest BCUT2D eigenvalue weighted by Crippen LogP contribution is -1.89. The molecule has 1 heteroatoms. The Balaban J connectivity index is 0.000000606. The summed E-state index contributed by atoms with van der Waals surface area (Å²) < 4.78 is 0. The third-order valence-corrected chi connectivity index (χ3v) is 2.39. The quantitative estimate of drug-likeness (QED) is 0.832. The molecule has 84 valence electrons. The van der Waals surface area contributed by atoms with E-state index < -0.39 is 0 Å². The highest BCUT2D eigenvalue weighted by molar-refractivity contribution is 5.19. The molecular weight excluding hydrogens is 196 g/mol. The SMILES string of the molecule is CO.c1ccc(CCc2ccccc2)cc1. The van der Waals surface area contributed by atoms with Crippen LogP contribution in [0.1, 0.15) is 11.1 Å². The minimum Gasteiger partial charge on any atom is -0.400 e. The molecule has 0 heterocycles. The van der Waals surface area contributed by atoms with E-state index in [2.05, 4.69) is 60.7 Å². The molecule has 0 radical (unpaired) electrons. The van der Waals surface area contributed by atoms with Gasteiger partial charge in [-0.25, -0.2) is 0 Å². The Morgan fingerprint density at radius 3 is 1.25 bits per heavy atom. The van der Waals surface area contributed by atoms with E-state index in [0.717, 1.165) is 20.0 Å². The van der Waals surface area contributed by atoms with Gasteiger partial charge in [-0.2, -0.15) is 0 Å². The molecule has 16 heavy (non-hydrogen) atoms. The number of hydrogen-bond acceptors (Lipinski definition) is 1. The molecule has 0 aliphatic rings. The van der Waals surface area contributed by atoms with E-state index in [1.165, 1.54) is 11.1 Å². The first-order valence-corrected chi connectivity index (χ1v) is 5.48. The maximum atomic E-state index is 7.00. The van der Waals surface area contributed by atoms with Crippen molar-refractivity contribution in [1.29, 1.82) is 0 Å².